The van der Waals surface area contributed by atoms with E-state index in [1.165, 1.54) is 0 Å². The highest BCUT2D eigenvalue weighted by molar-refractivity contribution is 4.74. The summed E-state index contributed by atoms with van der Waals surface area (Å²) in [5.41, 5.74) is 0.222. The summed E-state index contributed by atoms with van der Waals surface area (Å²) in [6.45, 7) is 14.6. The largest absolute Gasteiger partial charge is 0.375 e. The second-order valence-corrected chi connectivity index (χ2v) is 5.13. The molecule has 2 heteroatoms. The first-order valence-corrected chi connectivity index (χ1v) is 5.16. The van der Waals surface area contributed by atoms with Crippen LogP contribution in [0.2, 0.25) is 0 Å². The molecule has 0 saturated carbocycles. The molecule has 0 bridgehead atoms. The Morgan fingerprint density at radius 3 is 2.00 bits per heavy atom. The van der Waals surface area contributed by atoms with Crippen LogP contribution in [0.25, 0.3) is 0 Å². The molecule has 0 heterocycles. The lowest BCUT2D eigenvalue weighted by atomic mass is 10.0. The minimum atomic E-state index is -0.0158. The van der Waals surface area contributed by atoms with Gasteiger partial charge in [-0.1, -0.05) is 6.92 Å². The van der Waals surface area contributed by atoms with Crippen molar-refractivity contribution in [3.63, 3.8) is 0 Å². The normalized spacial score (nSPS) is 13.4. The second-order valence-electron chi connectivity index (χ2n) is 5.13. The molecule has 0 aliphatic rings. The molecule has 0 atom stereocenters. The van der Waals surface area contributed by atoms with Crippen LogP contribution in [0.5, 0.6) is 0 Å². The molecule has 80 valence electrons. The fourth-order valence-corrected chi connectivity index (χ4v) is 0.872. The fraction of sp³-hybridized carbons (Fsp3) is 1.00. The zero-order valence-corrected chi connectivity index (χ0v) is 10.0. The van der Waals surface area contributed by atoms with Gasteiger partial charge in [0.05, 0.1) is 12.2 Å². The van der Waals surface area contributed by atoms with Gasteiger partial charge in [-0.05, 0) is 41.0 Å². The summed E-state index contributed by atoms with van der Waals surface area (Å²) in [6.07, 6.45) is 1.14. The van der Waals surface area contributed by atoms with Crippen LogP contribution in [0.15, 0.2) is 0 Å². The summed E-state index contributed by atoms with van der Waals surface area (Å²) < 4.78 is 5.61. The van der Waals surface area contributed by atoms with Gasteiger partial charge in [-0.3, -0.25) is 0 Å². The first-order valence-electron chi connectivity index (χ1n) is 5.16. The van der Waals surface area contributed by atoms with Gasteiger partial charge in [0.2, 0.25) is 0 Å². The maximum absolute atomic E-state index is 5.61. The predicted molar refractivity (Wildman–Crippen MR) is 58.1 cm³/mol. The highest BCUT2D eigenvalue weighted by Crippen LogP contribution is 2.08. The van der Waals surface area contributed by atoms with Crippen molar-refractivity contribution in [2.75, 3.05) is 13.2 Å². The lowest BCUT2D eigenvalue weighted by Crippen LogP contribution is -2.41. The van der Waals surface area contributed by atoms with Crippen LogP contribution in [0.4, 0.5) is 0 Å². The smallest absolute Gasteiger partial charge is 0.0599 e. The Balaban J connectivity index is 3.47. The van der Waals surface area contributed by atoms with Gasteiger partial charge in [-0.15, -0.1) is 0 Å². The Bertz CT molecular complexity index is 136. The van der Waals surface area contributed by atoms with E-state index in [1.54, 1.807) is 0 Å². The highest BCUT2D eigenvalue weighted by Gasteiger charge is 2.14. The summed E-state index contributed by atoms with van der Waals surface area (Å²) in [5, 5.41) is 3.46. The summed E-state index contributed by atoms with van der Waals surface area (Å²) in [4.78, 5) is 0. The lowest BCUT2D eigenvalue weighted by Gasteiger charge is -2.26. The molecule has 13 heavy (non-hydrogen) atoms. The first-order chi connectivity index (χ1) is 5.77. The minimum Gasteiger partial charge on any atom is -0.375 e. The van der Waals surface area contributed by atoms with Gasteiger partial charge in [0.15, 0.2) is 0 Å². The molecule has 0 fully saturated rings. The van der Waals surface area contributed by atoms with E-state index in [0.29, 0.717) is 0 Å². The van der Waals surface area contributed by atoms with Gasteiger partial charge in [0.25, 0.3) is 0 Å². The Labute approximate surface area is 83.1 Å². The summed E-state index contributed by atoms with van der Waals surface area (Å²) in [5.74, 6) is 0. The molecule has 0 aromatic heterocycles. The van der Waals surface area contributed by atoms with E-state index >= 15 is 0 Å². The van der Waals surface area contributed by atoms with Crippen LogP contribution in [0.1, 0.15) is 48.0 Å². The van der Waals surface area contributed by atoms with Gasteiger partial charge in [0, 0.05) is 12.1 Å². The summed E-state index contributed by atoms with van der Waals surface area (Å²) in [6, 6.07) is 0. The third-order valence-corrected chi connectivity index (χ3v) is 2.12. The maximum Gasteiger partial charge on any atom is 0.0599 e. The molecule has 0 aromatic rings. The molecule has 2 nitrogen and oxygen atoms in total. The first kappa shape index (κ1) is 12.9. The second kappa shape index (κ2) is 4.97. The third kappa shape index (κ3) is 8.26. The van der Waals surface area contributed by atoms with Crippen molar-refractivity contribution < 1.29 is 4.74 Å². The molecule has 0 aromatic carbocycles. The number of ether oxygens (including phenoxy) is 1. The predicted octanol–water partition coefficient (Wildman–Crippen LogP) is 2.58. The van der Waals surface area contributed by atoms with Crippen molar-refractivity contribution in [2.45, 2.75) is 59.1 Å². The van der Waals surface area contributed by atoms with Gasteiger partial charge >= 0.3 is 0 Å². The van der Waals surface area contributed by atoms with Crippen LogP contribution in [-0.4, -0.2) is 24.3 Å². The van der Waals surface area contributed by atoms with E-state index in [-0.39, 0.29) is 11.1 Å². The standard InChI is InChI=1S/C11H25NO/c1-7-11(5,6)12-8-9-13-10(2,3)4/h12H,7-9H2,1-6H3. The molecule has 0 aliphatic carbocycles. The van der Waals surface area contributed by atoms with E-state index in [4.69, 9.17) is 4.74 Å². The van der Waals surface area contributed by atoms with Gasteiger partial charge in [0.1, 0.15) is 0 Å². The van der Waals surface area contributed by atoms with Gasteiger partial charge < -0.3 is 10.1 Å². The van der Waals surface area contributed by atoms with Crippen LogP contribution in [0.3, 0.4) is 0 Å². The van der Waals surface area contributed by atoms with Crippen molar-refractivity contribution in [3.05, 3.63) is 0 Å². The van der Waals surface area contributed by atoms with Crippen LogP contribution in [-0.2, 0) is 4.74 Å². The van der Waals surface area contributed by atoms with Crippen molar-refractivity contribution in [1.82, 2.24) is 5.32 Å². The lowest BCUT2D eigenvalue weighted by molar-refractivity contribution is -0.00289. The highest BCUT2D eigenvalue weighted by atomic mass is 16.5. The Kier molecular flexibility index (Phi) is 4.93. The molecule has 0 unspecified atom stereocenters. The number of hydrogen-bond acceptors (Lipinski definition) is 2. The van der Waals surface area contributed by atoms with Crippen molar-refractivity contribution in [1.29, 1.82) is 0 Å². The minimum absolute atomic E-state index is 0.0158. The Morgan fingerprint density at radius 2 is 1.62 bits per heavy atom. The van der Waals surface area contributed by atoms with E-state index in [1.807, 2.05) is 0 Å². The molecule has 0 saturated heterocycles. The van der Waals surface area contributed by atoms with Crippen LogP contribution >= 0.6 is 0 Å². The molecule has 0 aliphatic heterocycles. The van der Waals surface area contributed by atoms with Crippen LogP contribution in [0, 0.1) is 0 Å². The molecular weight excluding hydrogens is 162 g/mol. The summed E-state index contributed by atoms with van der Waals surface area (Å²) >= 11 is 0. The quantitative estimate of drug-likeness (QED) is 0.668. The van der Waals surface area contributed by atoms with Crippen molar-refractivity contribution in [3.8, 4) is 0 Å². The molecule has 0 amide bonds. The Hall–Kier alpha value is -0.0800. The third-order valence-electron chi connectivity index (χ3n) is 2.12. The molecular formula is C11H25NO. The number of rotatable bonds is 5. The SMILES string of the molecule is CCC(C)(C)NCCOC(C)(C)C. The summed E-state index contributed by atoms with van der Waals surface area (Å²) in [7, 11) is 0. The van der Waals surface area contributed by atoms with Gasteiger partial charge in [-0.2, -0.15) is 0 Å². The van der Waals surface area contributed by atoms with Gasteiger partial charge in [-0.25, -0.2) is 0 Å². The fourth-order valence-electron chi connectivity index (χ4n) is 0.872. The Morgan fingerprint density at radius 1 is 1.08 bits per heavy atom. The zero-order valence-electron chi connectivity index (χ0n) is 10.0. The van der Waals surface area contributed by atoms with Crippen molar-refractivity contribution in [2.24, 2.45) is 0 Å². The average molecular weight is 187 g/mol. The van der Waals surface area contributed by atoms with Crippen LogP contribution < -0.4 is 5.32 Å². The van der Waals surface area contributed by atoms with E-state index in [0.717, 1.165) is 19.6 Å². The van der Waals surface area contributed by atoms with Crippen molar-refractivity contribution >= 4 is 0 Å². The average Bonchev–Trinajstić information content (AvgIpc) is 1.97. The monoisotopic (exact) mass is 187 g/mol. The molecule has 1 N–H and O–H groups in total. The number of nitrogens with one attached hydrogen (secondary N) is 1. The van der Waals surface area contributed by atoms with E-state index < -0.39 is 0 Å². The maximum atomic E-state index is 5.61. The molecule has 0 radical (unpaired) electrons. The van der Waals surface area contributed by atoms with E-state index in [2.05, 4.69) is 46.9 Å². The molecule has 0 spiro atoms. The zero-order chi connectivity index (χ0) is 10.5. The molecule has 0 rings (SSSR count). The van der Waals surface area contributed by atoms with E-state index in [9.17, 15) is 0 Å². The topological polar surface area (TPSA) is 21.3 Å². The number of hydrogen-bond donors (Lipinski definition) is 1.